The lowest BCUT2D eigenvalue weighted by Gasteiger charge is -2.48. The molecule has 18 atom stereocenters. The van der Waals surface area contributed by atoms with Gasteiger partial charge in [0.2, 0.25) is 0 Å². The lowest BCUT2D eigenvalue weighted by atomic mass is 9.76. The van der Waals surface area contributed by atoms with Crippen LogP contribution in [0.1, 0.15) is 115 Å². The highest BCUT2D eigenvalue weighted by molar-refractivity contribution is 5.73. The Balaban J connectivity index is 1.83. The molecule has 0 aliphatic carbocycles. The third-order valence-electron chi connectivity index (χ3n) is 12.8. The Bertz CT molecular complexity index is 1160. The zero-order valence-electron chi connectivity index (χ0n) is 33.8. The van der Waals surface area contributed by atoms with Gasteiger partial charge in [-0.05, 0) is 87.6 Å². The zero-order chi connectivity index (χ0) is 38.4. The maximum absolute atomic E-state index is 14.2. The van der Waals surface area contributed by atoms with E-state index in [1.807, 2.05) is 55.5 Å². The van der Waals surface area contributed by atoms with Gasteiger partial charge in [-0.2, -0.15) is 0 Å². The highest BCUT2D eigenvalue weighted by Gasteiger charge is 2.57. The van der Waals surface area contributed by atoms with Crippen LogP contribution in [0, 0.1) is 23.7 Å². The van der Waals surface area contributed by atoms with Crippen molar-refractivity contribution in [3.8, 4) is 0 Å². The molecule has 0 aromatic carbocycles. The SMILES string of the molecule is CC[C@H]1OC(=O)[C@H](C)[C@@H](O[C@H]2C[C@@](C)(OC)C[C@H](C)O2)[C@H](C)[C@@H](O[C@@H]2O[C@H](C)C[C@H](N(C)C(C)C)[C@H]2O)[C@@]2(C)C[C@H](C)[C@@H](O2)[C@H](C)[C@@H](O)[C@]1(C)O. The average Bonchev–Trinajstić information content (AvgIpc) is 3.37. The predicted molar refractivity (Wildman–Crippen MR) is 192 cm³/mol. The highest BCUT2D eigenvalue weighted by Crippen LogP contribution is 2.48. The number of methoxy groups -OCH3 is 1. The van der Waals surface area contributed by atoms with E-state index in [1.165, 1.54) is 6.92 Å². The number of hydrogen-bond acceptors (Lipinski definition) is 12. The van der Waals surface area contributed by atoms with E-state index in [0.717, 1.165) is 0 Å². The molecule has 4 heterocycles. The third-order valence-corrected chi connectivity index (χ3v) is 12.8. The Morgan fingerprint density at radius 3 is 2.18 bits per heavy atom. The van der Waals surface area contributed by atoms with Crippen molar-refractivity contribution in [3.63, 3.8) is 0 Å². The number of hydrogen-bond donors (Lipinski definition) is 3. The van der Waals surface area contributed by atoms with Crippen LogP contribution in [0.25, 0.3) is 0 Å². The smallest absolute Gasteiger partial charge is 0.311 e. The fourth-order valence-electron chi connectivity index (χ4n) is 9.53. The summed E-state index contributed by atoms with van der Waals surface area (Å²) in [5, 5.41) is 35.3. The number of fused-ring (bicyclic) bond motifs is 2. The Morgan fingerprint density at radius 2 is 1.59 bits per heavy atom. The van der Waals surface area contributed by atoms with E-state index < -0.39 is 89.7 Å². The normalized spacial score (nSPS) is 50.4. The first-order valence-electron chi connectivity index (χ1n) is 19.4. The van der Waals surface area contributed by atoms with Crippen LogP contribution in [0.2, 0.25) is 0 Å². The molecule has 0 aromatic rings. The molecule has 12 nitrogen and oxygen atoms in total. The van der Waals surface area contributed by atoms with Gasteiger partial charge in [0.25, 0.3) is 0 Å². The molecule has 4 rings (SSSR count). The molecular formula is C39H71NO11. The van der Waals surface area contributed by atoms with Gasteiger partial charge in [-0.1, -0.05) is 27.7 Å². The van der Waals surface area contributed by atoms with Gasteiger partial charge in [-0.15, -0.1) is 0 Å². The Labute approximate surface area is 307 Å². The number of ether oxygens (including phenoxy) is 7. The van der Waals surface area contributed by atoms with Crippen molar-refractivity contribution in [1.29, 1.82) is 0 Å². The fourth-order valence-corrected chi connectivity index (χ4v) is 9.53. The summed E-state index contributed by atoms with van der Waals surface area (Å²) in [6.45, 7) is 23.2. The van der Waals surface area contributed by atoms with Crippen LogP contribution < -0.4 is 0 Å². The predicted octanol–water partition coefficient (Wildman–Crippen LogP) is 4.43. The summed E-state index contributed by atoms with van der Waals surface area (Å²) in [5.74, 6) is -2.49. The molecule has 298 valence electrons. The number of cyclic esters (lactones) is 1. The number of nitrogens with zero attached hydrogens (tertiary/aromatic N) is 1. The monoisotopic (exact) mass is 730 g/mol. The molecule has 4 aliphatic rings. The second-order valence-corrected chi connectivity index (χ2v) is 17.6. The number of aliphatic hydroxyl groups is 3. The van der Waals surface area contributed by atoms with Crippen LogP contribution in [0.4, 0.5) is 0 Å². The summed E-state index contributed by atoms with van der Waals surface area (Å²) >= 11 is 0. The molecule has 4 aliphatic heterocycles. The van der Waals surface area contributed by atoms with Crippen molar-refractivity contribution >= 4 is 5.97 Å². The summed E-state index contributed by atoms with van der Waals surface area (Å²) < 4.78 is 45.5. The summed E-state index contributed by atoms with van der Waals surface area (Å²) in [7, 11) is 3.69. The highest BCUT2D eigenvalue weighted by atomic mass is 16.7. The minimum Gasteiger partial charge on any atom is -0.459 e. The van der Waals surface area contributed by atoms with Crippen LogP contribution in [0.3, 0.4) is 0 Å². The van der Waals surface area contributed by atoms with E-state index in [4.69, 9.17) is 33.2 Å². The molecule has 12 heteroatoms. The molecule has 0 saturated carbocycles. The van der Waals surface area contributed by atoms with Crippen LogP contribution >= 0.6 is 0 Å². The molecule has 3 N–H and O–H groups in total. The van der Waals surface area contributed by atoms with Crippen molar-refractivity contribution in [1.82, 2.24) is 4.90 Å². The van der Waals surface area contributed by atoms with Crippen LogP contribution in [0.15, 0.2) is 0 Å². The van der Waals surface area contributed by atoms with Crippen LogP contribution in [-0.2, 0) is 38.0 Å². The summed E-state index contributed by atoms with van der Waals surface area (Å²) in [6, 6.07) is -0.0181. The van der Waals surface area contributed by atoms with Crippen LogP contribution in [0.5, 0.6) is 0 Å². The van der Waals surface area contributed by atoms with Gasteiger partial charge < -0.3 is 48.5 Å². The van der Waals surface area contributed by atoms with Gasteiger partial charge in [0.05, 0.1) is 53.7 Å². The summed E-state index contributed by atoms with van der Waals surface area (Å²) in [5.41, 5.74) is -3.21. The fraction of sp³-hybridized carbons (Fsp3) is 0.974. The molecule has 0 aromatic heterocycles. The second-order valence-electron chi connectivity index (χ2n) is 17.6. The molecular weight excluding hydrogens is 658 g/mol. The van der Waals surface area contributed by atoms with Crippen molar-refractivity contribution in [3.05, 3.63) is 0 Å². The number of carbonyl (C=O) groups excluding carboxylic acids is 1. The van der Waals surface area contributed by atoms with Gasteiger partial charge in [-0.3, -0.25) is 9.69 Å². The first-order valence-corrected chi connectivity index (χ1v) is 19.4. The van der Waals surface area contributed by atoms with E-state index in [-0.39, 0.29) is 36.6 Å². The summed E-state index contributed by atoms with van der Waals surface area (Å²) in [6.07, 6.45) is -4.64. The molecule has 4 saturated heterocycles. The Kier molecular flexibility index (Phi) is 13.8. The average molecular weight is 730 g/mol. The molecule has 0 unspecified atom stereocenters. The standard InChI is InChI=1S/C39H71NO11/c1-15-28-39(12,44)33(42)24(7)31-21(4)17-38(11,51-31)34(50-36-30(41)27(16-22(5)47-36)40(13)20(2)3)25(8)32(26(9)35(43)48-28)49-29-19-37(10,45-14)18-23(6)46-29/h20-34,36,41-42,44H,15-19H2,1-14H3/t21-,22+,23-,24-,25-,26+,27-,28+,29-,30+,31+,32-,33+,34+,36-,37-,38+,39+/m0/s1. The second kappa shape index (κ2) is 16.4. The number of likely N-dealkylation sites (N-methyl/N-ethyl adjacent to an activating group) is 1. The van der Waals surface area contributed by atoms with Gasteiger partial charge in [-0.25, -0.2) is 0 Å². The molecule has 2 bridgehead atoms. The molecule has 4 fully saturated rings. The Hall–Kier alpha value is -0.930. The number of aliphatic hydroxyl groups excluding tert-OH is 2. The molecule has 0 amide bonds. The van der Waals surface area contributed by atoms with E-state index in [1.54, 1.807) is 14.0 Å². The van der Waals surface area contributed by atoms with Crippen molar-refractivity contribution < 1.29 is 53.3 Å². The number of rotatable bonds is 8. The molecule has 0 radical (unpaired) electrons. The van der Waals surface area contributed by atoms with Gasteiger partial charge >= 0.3 is 5.97 Å². The number of esters is 1. The lowest BCUT2D eigenvalue weighted by molar-refractivity contribution is -0.312. The zero-order valence-corrected chi connectivity index (χ0v) is 33.8. The first kappa shape index (κ1) is 42.8. The van der Waals surface area contributed by atoms with Crippen molar-refractivity contribution in [2.75, 3.05) is 14.2 Å². The van der Waals surface area contributed by atoms with E-state index >= 15 is 0 Å². The Morgan fingerprint density at radius 1 is 0.941 bits per heavy atom. The lowest BCUT2D eigenvalue weighted by Crippen LogP contribution is -2.60. The van der Waals surface area contributed by atoms with Crippen molar-refractivity contribution in [2.24, 2.45) is 23.7 Å². The number of carbonyl (C=O) groups is 1. The molecule has 0 spiro atoms. The molecule has 51 heavy (non-hydrogen) atoms. The van der Waals surface area contributed by atoms with E-state index in [0.29, 0.717) is 25.7 Å². The summed E-state index contributed by atoms with van der Waals surface area (Å²) in [4.78, 5) is 16.3. The van der Waals surface area contributed by atoms with E-state index in [2.05, 4.69) is 25.7 Å². The van der Waals surface area contributed by atoms with Gasteiger partial charge in [0.1, 0.15) is 17.8 Å². The van der Waals surface area contributed by atoms with E-state index in [9.17, 15) is 20.1 Å². The first-order chi connectivity index (χ1) is 23.6. The minimum absolute atomic E-state index is 0.0306. The van der Waals surface area contributed by atoms with Crippen molar-refractivity contribution in [2.45, 2.75) is 205 Å². The van der Waals surface area contributed by atoms with Gasteiger partial charge in [0, 0.05) is 43.9 Å². The van der Waals surface area contributed by atoms with Crippen LogP contribution in [-0.4, -0.2) is 131 Å². The largest absolute Gasteiger partial charge is 0.459 e. The maximum atomic E-state index is 14.2. The topological polar surface area (TPSA) is 146 Å². The third kappa shape index (κ3) is 8.97. The minimum atomic E-state index is -1.76. The maximum Gasteiger partial charge on any atom is 0.311 e. The quantitative estimate of drug-likeness (QED) is 0.304. The van der Waals surface area contributed by atoms with Gasteiger partial charge in [0.15, 0.2) is 12.6 Å².